The van der Waals surface area contributed by atoms with E-state index in [9.17, 15) is 14.9 Å². The monoisotopic (exact) mass is 355 g/mol. The molecule has 0 bridgehead atoms. The van der Waals surface area contributed by atoms with Crippen LogP contribution in [0.25, 0.3) is 0 Å². The van der Waals surface area contributed by atoms with Gasteiger partial charge < -0.3 is 10.1 Å². The van der Waals surface area contributed by atoms with Crippen LogP contribution in [-0.4, -0.2) is 24.1 Å². The van der Waals surface area contributed by atoms with E-state index in [0.29, 0.717) is 11.7 Å². The van der Waals surface area contributed by atoms with Crippen LogP contribution >= 0.6 is 0 Å². The Morgan fingerprint density at radius 1 is 1.23 bits per heavy atom. The summed E-state index contributed by atoms with van der Waals surface area (Å²) in [4.78, 5) is 25.3. The molecule has 0 heterocycles. The number of ether oxygens (including phenoxy) is 1. The third-order valence-corrected chi connectivity index (χ3v) is 4.62. The van der Waals surface area contributed by atoms with Crippen molar-refractivity contribution >= 4 is 23.1 Å². The summed E-state index contributed by atoms with van der Waals surface area (Å²) in [7, 11) is 1.58. The number of rotatable bonds is 6. The van der Waals surface area contributed by atoms with Gasteiger partial charge in [-0.25, -0.2) is 4.79 Å². The number of para-hydroxylation sites is 2. The molecule has 1 fully saturated rings. The second-order valence-electron chi connectivity index (χ2n) is 6.35. The number of carbonyl (C=O) groups excluding carboxylic acids is 1. The standard InChI is InChI=1S/C19H21N3O4/c1-13(14-7-8-14)21(15-9-11-16(26-2)12-10-15)19(23)20-17-5-3-4-6-18(17)22(24)25/h3-6,9-14H,7-8H2,1-2H3,(H,20,23)/t13-/m0/s1. The molecule has 26 heavy (non-hydrogen) atoms. The van der Waals surface area contributed by atoms with E-state index in [-0.39, 0.29) is 23.4 Å². The molecule has 1 atom stereocenters. The zero-order chi connectivity index (χ0) is 18.7. The van der Waals surface area contributed by atoms with Crippen molar-refractivity contribution in [1.29, 1.82) is 0 Å². The minimum atomic E-state index is -0.502. The zero-order valence-electron chi connectivity index (χ0n) is 14.7. The second-order valence-corrected chi connectivity index (χ2v) is 6.35. The van der Waals surface area contributed by atoms with Gasteiger partial charge in [-0.05, 0) is 56.0 Å². The number of carbonyl (C=O) groups is 1. The number of nitro groups is 1. The molecule has 0 aromatic heterocycles. The van der Waals surface area contributed by atoms with Crippen molar-refractivity contribution in [3.8, 4) is 5.75 Å². The minimum absolute atomic E-state index is 0.00818. The van der Waals surface area contributed by atoms with Crippen LogP contribution in [0.1, 0.15) is 19.8 Å². The van der Waals surface area contributed by atoms with Crippen molar-refractivity contribution in [3.05, 3.63) is 58.6 Å². The number of hydrogen-bond acceptors (Lipinski definition) is 4. The average molecular weight is 355 g/mol. The number of benzene rings is 2. The van der Waals surface area contributed by atoms with Crippen LogP contribution in [0.2, 0.25) is 0 Å². The highest BCUT2D eigenvalue weighted by Gasteiger charge is 2.35. The van der Waals surface area contributed by atoms with Gasteiger partial charge in [0, 0.05) is 17.8 Å². The molecule has 2 aromatic rings. The second kappa shape index (κ2) is 7.43. The lowest BCUT2D eigenvalue weighted by Crippen LogP contribution is -2.43. The van der Waals surface area contributed by atoms with Gasteiger partial charge in [0.1, 0.15) is 11.4 Å². The number of nitrogens with one attached hydrogen (secondary N) is 1. The molecule has 1 aliphatic rings. The minimum Gasteiger partial charge on any atom is -0.497 e. The van der Waals surface area contributed by atoms with Crippen LogP contribution in [0.15, 0.2) is 48.5 Å². The van der Waals surface area contributed by atoms with Gasteiger partial charge in [0.15, 0.2) is 0 Å². The molecule has 7 nitrogen and oxygen atoms in total. The first-order valence-electron chi connectivity index (χ1n) is 8.49. The van der Waals surface area contributed by atoms with Gasteiger partial charge in [-0.1, -0.05) is 12.1 Å². The van der Waals surface area contributed by atoms with Crippen molar-refractivity contribution < 1.29 is 14.5 Å². The Kier molecular flexibility index (Phi) is 5.06. The molecule has 0 unspecified atom stereocenters. The number of anilines is 2. The lowest BCUT2D eigenvalue weighted by atomic mass is 10.1. The quantitative estimate of drug-likeness (QED) is 0.613. The molecule has 0 radical (unpaired) electrons. The molecule has 7 heteroatoms. The highest BCUT2D eigenvalue weighted by molar-refractivity contribution is 6.03. The smallest absolute Gasteiger partial charge is 0.326 e. The zero-order valence-corrected chi connectivity index (χ0v) is 14.7. The highest BCUT2D eigenvalue weighted by Crippen LogP contribution is 2.37. The predicted octanol–water partition coefficient (Wildman–Crippen LogP) is 4.44. The van der Waals surface area contributed by atoms with E-state index in [1.165, 1.54) is 12.1 Å². The largest absolute Gasteiger partial charge is 0.497 e. The summed E-state index contributed by atoms with van der Waals surface area (Å²) in [5, 5.41) is 13.9. The summed E-state index contributed by atoms with van der Waals surface area (Å²) >= 11 is 0. The average Bonchev–Trinajstić information content (AvgIpc) is 3.48. The number of amides is 2. The van der Waals surface area contributed by atoms with E-state index >= 15 is 0 Å². The van der Waals surface area contributed by atoms with Crippen molar-refractivity contribution in [2.45, 2.75) is 25.8 Å². The number of hydrogen-bond donors (Lipinski definition) is 1. The molecule has 2 aromatic carbocycles. The summed E-state index contributed by atoms with van der Waals surface area (Å²) in [6.07, 6.45) is 2.15. The van der Waals surface area contributed by atoms with E-state index in [4.69, 9.17) is 4.74 Å². The Bertz CT molecular complexity index is 803. The van der Waals surface area contributed by atoms with E-state index < -0.39 is 4.92 Å². The lowest BCUT2D eigenvalue weighted by molar-refractivity contribution is -0.383. The molecule has 0 saturated heterocycles. The van der Waals surface area contributed by atoms with Crippen LogP contribution in [0.4, 0.5) is 21.9 Å². The van der Waals surface area contributed by atoms with E-state index in [0.717, 1.165) is 18.5 Å². The fourth-order valence-corrected chi connectivity index (χ4v) is 2.98. The Labute approximate surface area is 151 Å². The molecule has 2 amide bonds. The van der Waals surface area contributed by atoms with Crippen LogP contribution in [0, 0.1) is 16.0 Å². The van der Waals surface area contributed by atoms with Gasteiger partial charge in [-0.2, -0.15) is 0 Å². The maximum absolute atomic E-state index is 13.0. The normalized spacial score (nSPS) is 14.4. The van der Waals surface area contributed by atoms with Crippen molar-refractivity contribution in [2.24, 2.45) is 5.92 Å². The summed E-state index contributed by atoms with van der Waals surface area (Å²) in [5.41, 5.74) is 0.778. The number of urea groups is 1. The molecule has 0 spiro atoms. The van der Waals surface area contributed by atoms with Crippen molar-refractivity contribution in [1.82, 2.24) is 0 Å². The Hall–Kier alpha value is -3.09. The summed E-state index contributed by atoms with van der Waals surface area (Å²) < 4.78 is 5.17. The van der Waals surface area contributed by atoms with Crippen LogP contribution < -0.4 is 15.0 Å². The fraction of sp³-hybridized carbons (Fsp3) is 0.316. The maximum atomic E-state index is 13.0. The number of nitrogens with zero attached hydrogens (tertiary/aromatic N) is 2. The Morgan fingerprint density at radius 3 is 2.46 bits per heavy atom. The molecule has 1 N–H and O–H groups in total. The summed E-state index contributed by atoms with van der Waals surface area (Å²) in [5.74, 6) is 1.14. The fourth-order valence-electron chi connectivity index (χ4n) is 2.98. The molecule has 136 valence electrons. The first-order chi connectivity index (χ1) is 12.5. The molecule has 0 aliphatic heterocycles. The van der Waals surface area contributed by atoms with Crippen LogP contribution in [0.3, 0.4) is 0 Å². The summed E-state index contributed by atoms with van der Waals surface area (Å²) in [6.45, 7) is 2.00. The maximum Gasteiger partial charge on any atom is 0.326 e. The van der Waals surface area contributed by atoms with Gasteiger partial charge in [-0.15, -0.1) is 0 Å². The van der Waals surface area contributed by atoms with E-state index in [1.54, 1.807) is 36.3 Å². The Balaban J connectivity index is 1.89. The number of methoxy groups -OCH3 is 1. The van der Waals surface area contributed by atoms with E-state index in [1.807, 2.05) is 19.1 Å². The van der Waals surface area contributed by atoms with Gasteiger partial charge in [0.2, 0.25) is 0 Å². The first kappa shape index (κ1) is 17.7. The van der Waals surface area contributed by atoms with Gasteiger partial charge in [0.25, 0.3) is 5.69 Å². The highest BCUT2D eigenvalue weighted by atomic mass is 16.6. The van der Waals surface area contributed by atoms with E-state index in [2.05, 4.69) is 5.32 Å². The van der Waals surface area contributed by atoms with Crippen molar-refractivity contribution in [3.63, 3.8) is 0 Å². The molecule has 3 rings (SSSR count). The lowest BCUT2D eigenvalue weighted by Gasteiger charge is -2.29. The SMILES string of the molecule is COc1ccc(N(C(=O)Nc2ccccc2[N+](=O)[O-])[C@@H](C)C2CC2)cc1. The molecular formula is C19H21N3O4. The summed E-state index contributed by atoms with van der Waals surface area (Å²) in [6, 6.07) is 13.0. The third-order valence-electron chi connectivity index (χ3n) is 4.62. The van der Waals surface area contributed by atoms with Crippen LogP contribution in [0.5, 0.6) is 5.75 Å². The predicted molar refractivity (Wildman–Crippen MR) is 99.8 cm³/mol. The molecule has 1 saturated carbocycles. The first-order valence-corrected chi connectivity index (χ1v) is 8.49. The number of nitro benzene ring substituents is 1. The van der Waals surface area contributed by atoms with Gasteiger partial charge in [-0.3, -0.25) is 15.0 Å². The van der Waals surface area contributed by atoms with Gasteiger partial charge in [0.05, 0.1) is 12.0 Å². The van der Waals surface area contributed by atoms with Crippen molar-refractivity contribution in [2.75, 3.05) is 17.3 Å². The third kappa shape index (κ3) is 3.77. The molecule has 1 aliphatic carbocycles. The van der Waals surface area contributed by atoms with Gasteiger partial charge >= 0.3 is 6.03 Å². The van der Waals surface area contributed by atoms with Crippen LogP contribution in [-0.2, 0) is 0 Å². The Morgan fingerprint density at radius 2 is 1.88 bits per heavy atom. The topological polar surface area (TPSA) is 84.7 Å². The molecular weight excluding hydrogens is 334 g/mol.